The Bertz CT molecular complexity index is 123. The zero-order chi connectivity index (χ0) is 8.91. The van der Waals surface area contributed by atoms with Crippen molar-refractivity contribution in [2.45, 2.75) is 12.6 Å². The minimum Gasteiger partial charge on any atom is -0.303 e. The van der Waals surface area contributed by atoms with Gasteiger partial charge in [0.1, 0.15) is 6.29 Å². The van der Waals surface area contributed by atoms with Crippen molar-refractivity contribution in [2.24, 2.45) is 0 Å². The molecular weight excluding hydrogens is 159 g/mol. The van der Waals surface area contributed by atoms with Crippen LogP contribution < -0.4 is 0 Å². The first-order valence-corrected chi connectivity index (χ1v) is 3.14. The minimum absolute atomic E-state index is 0.145. The van der Waals surface area contributed by atoms with Crippen LogP contribution in [-0.2, 0) is 4.79 Å². The SMILES string of the molecule is CN(CCC=O)CC(F)(F)F. The molecule has 0 aliphatic rings. The molecule has 0 unspecified atom stereocenters. The van der Waals surface area contributed by atoms with E-state index >= 15 is 0 Å². The van der Waals surface area contributed by atoms with Crippen molar-refractivity contribution in [3.8, 4) is 0 Å². The highest BCUT2D eigenvalue weighted by Crippen LogP contribution is 2.15. The molecule has 11 heavy (non-hydrogen) atoms. The quantitative estimate of drug-likeness (QED) is 0.587. The average Bonchev–Trinajstić information content (AvgIpc) is 1.79. The van der Waals surface area contributed by atoms with Crippen LogP contribution in [0.3, 0.4) is 0 Å². The molecular formula is C6H10F3NO. The molecule has 0 aliphatic heterocycles. The summed E-state index contributed by atoms with van der Waals surface area (Å²) >= 11 is 0. The van der Waals surface area contributed by atoms with Crippen molar-refractivity contribution >= 4 is 6.29 Å². The van der Waals surface area contributed by atoms with Crippen LogP contribution in [0.1, 0.15) is 6.42 Å². The Morgan fingerprint density at radius 1 is 1.45 bits per heavy atom. The number of carbonyl (C=O) groups is 1. The minimum atomic E-state index is -4.17. The van der Waals surface area contributed by atoms with Gasteiger partial charge in [0.25, 0.3) is 0 Å². The third kappa shape index (κ3) is 7.32. The average molecular weight is 169 g/mol. The third-order valence-corrected chi connectivity index (χ3v) is 1.08. The van der Waals surface area contributed by atoms with Crippen molar-refractivity contribution in [1.82, 2.24) is 4.90 Å². The molecule has 0 aromatic carbocycles. The molecule has 0 amide bonds. The maximum absolute atomic E-state index is 11.6. The maximum atomic E-state index is 11.6. The van der Waals surface area contributed by atoms with E-state index in [2.05, 4.69) is 0 Å². The van der Waals surface area contributed by atoms with Crippen molar-refractivity contribution < 1.29 is 18.0 Å². The van der Waals surface area contributed by atoms with Gasteiger partial charge >= 0.3 is 6.18 Å². The summed E-state index contributed by atoms with van der Waals surface area (Å²) in [6.07, 6.45) is -3.42. The smallest absolute Gasteiger partial charge is 0.303 e. The molecule has 0 fully saturated rings. The van der Waals surface area contributed by atoms with E-state index in [1.54, 1.807) is 0 Å². The topological polar surface area (TPSA) is 20.3 Å². The van der Waals surface area contributed by atoms with Gasteiger partial charge in [-0.15, -0.1) is 0 Å². The highest BCUT2D eigenvalue weighted by Gasteiger charge is 2.28. The number of carbonyl (C=O) groups excluding carboxylic acids is 1. The van der Waals surface area contributed by atoms with Crippen LogP contribution in [0.4, 0.5) is 13.2 Å². The standard InChI is InChI=1S/C6H10F3NO/c1-10(3-2-4-11)5-6(7,8)9/h4H,2-3,5H2,1H3. The zero-order valence-electron chi connectivity index (χ0n) is 6.19. The van der Waals surface area contributed by atoms with Gasteiger partial charge in [-0.25, -0.2) is 0 Å². The lowest BCUT2D eigenvalue weighted by Crippen LogP contribution is -2.31. The van der Waals surface area contributed by atoms with Crippen LogP contribution in [0, 0.1) is 0 Å². The van der Waals surface area contributed by atoms with Gasteiger partial charge in [0.2, 0.25) is 0 Å². The molecule has 0 radical (unpaired) electrons. The monoisotopic (exact) mass is 169 g/mol. The Morgan fingerprint density at radius 3 is 2.36 bits per heavy atom. The molecule has 0 heterocycles. The van der Waals surface area contributed by atoms with Gasteiger partial charge in [-0.1, -0.05) is 0 Å². The number of alkyl halides is 3. The Labute approximate surface area is 63.0 Å². The molecule has 5 heteroatoms. The highest BCUT2D eigenvalue weighted by molar-refractivity contribution is 5.49. The first-order valence-electron chi connectivity index (χ1n) is 3.14. The summed E-state index contributed by atoms with van der Waals surface area (Å²) in [4.78, 5) is 10.8. The van der Waals surface area contributed by atoms with Crippen LogP contribution in [0.2, 0.25) is 0 Å². The number of halogens is 3. The number of nitrogens with zero attached hydrogens (tertiary/aromatic N) is 1. The lowest BCUT2D eigenvalue weighted by Gasteiger charge is -2.16. The van der Waals surface area contributed by atoms with Gasteiger partial charge in [-0.2, -0.15) is 13.2 Å². The second kappa shape index (κ2) is 4.33. The summed E-state index contributed by atoms with van der Waals surface area (Å²) < 4.78 is 34.8. The second-order valence-corrected chi connectivity index (χ2v) is 2.31. The van der Waals surface area contributed by atoms with E-state index in [1.165, 1.54) is 7.05 Å². The molecule has 0 bridgehead atoms. The normalized spacial score (nSPS) is 12.1. The molecule has 0 aromatic heterocycles. The van der Waals surface area contributed by atoms with Gasteiger partial charge in [0.15, 0.2) is 0 Å². The first kappa shape index (κ1) is 10.4. The number of hydrogen-bond donors (Lipinski definition) is 0. The van der Waals surface area contributed by atoms with Gasteiger partial charge in [-0.05, 0) is 7.05 Å². The predicted molar refractivity (Wildman–Crippen MR) is 34.2 cm³/mol. The summed E-state index contributed by atoms with van der Waals surface area (Å²) in [6.45, 7) is -0.802. The number of aldehydes is 1. The molecule has 0 spiro atoms. The molecule has 0 saturated heterocycles. The fourth-order valence-electron chi connectivity index (χ4n) is 0.658. The van der Waals surface area contributed by atoms with Crippen molar-refractivity contribution in [1.29, 1.82) is 0 Å². The van der Waals surface area contributed by atoms with E-state index in [0.29, 0.717) is 6.29 Å². The van der Waals surface area contributed by atoms with Crippen LogP contribution in [0.5, 0.6) is 0 Å². The van der Waals surface area contributed by atoms with E-state index in [0.717, 1.165) is 4.90 Å². The molecule has 66 valence electrons. The molecule has 0 N–H and O–H groups in total. The number of rotatable bonds is 4. The van der Waals surface area contributed by atoms with Crippen LogP contribution in [0.25, 0.3) is 0 Å². The molecule has 0 rings (SSSR count). The lowest BCUT2D eigenvalue weighted by molar-refractivity contribution is -0.143. The fourth-order valence-corrected chi connectivity index (χ4v) is 0.658. The third-order valence-electron chi connectivity index (χ3n) is 1.08. The van der Waals surface area contributed by atoms with Crippen molar-refractivity contribution in [2.75, 3.05) is 20.1 Å². The highest BCUT2D eigenvalue weighted by atomic mass is 19.4. The van der Waals surface area contributed by atoms with Gasteiger partial charge in [0, 0.05) is 13.0 Å². The summed E-state index contributed by atoms with van der Waals surface area (Å²) in [5.41, 5.74) is 0. The van der Waals surface area contributed by atoms with E-state index in [4.69, 9.17) is 0 Å². The van der Waals surface area contributed by atoms with Gasteiger partial charge in [0.05, 0.1) is 6.54 Å². The Morgan fingerprint density at radius 2 is 2.00 bits per heavy atom. The molecule has 0 aliphatic carbocycles. The maximum Gasteiger partial charge on any atom is 0.401 e. The van der Waals surface area contributed by atoms with Gasteiger partial charge in [-0.3, -0.25) is 4.90 Å². The second-order valence-electron chi connectivity index (χ2n) is 2.31. The molecule has 0 aromatic rings. The van der Waals surface area contributed by atoms with E-state index in [1.807, 2.05) is 0 Å². The van der Waals surface area contributed by atoms with Crippen LogP contribution in [-0.4, -0.2) is 37.5 Å². The van der Waals surface area contributed by atoms with E-state index in [9.17, 15) is 18.0 Å². The molecule has 2 nitrogen and oxygen atoms in total. The van der Waals surface area contributed by atoms with E-state index < -0.39 is 12.7 Å². The van der Waals surface area contributed by atoms with E-state index in [-0.39, 0.29) is 13.0 Å². The summed E-state index contributed by atoms with van der Waals surface area (Å²) in [5.74, 6) is 0. The predicted octanol–water partition coefficient (Wildman–Crippen LogP) is 1.07. The fraction of sp³-hybridized carbons (Fsp3) is 0.833. The summed E-state index contributed by atoms with van der Waals surface area (Å²) in [5, 5.41) is 0. The Hall–Kier alpha value is -0.580. The lowest BCUT2D eigenvalue weighted by atomic mass is 10.4. The van der Waals surface area contributed by atoms with Gasteiger partial charge < -0.3 is 4.79 Å². The van der Waals surface area contributed by atoms with Crippen molar-refractivity contribution in [3.63, 3.8) is 0 Å². The summed E-state index contributed by atoms with van der Waals surface area (Å²) in [6, 6.07) is 0. The van der Waals surface area contributed by atoms with Crippen LogP contribution >= 0.6 is 0 Å². The summed E-state index contributed by atoms with van der Waals surface area (Å²) in [7, 11) is 1.33. The van der Waals surface area contributed by atoms with Crippen molar-refractivity contribution in [3.05, 3.63) is 0 Å². The Kier molecular flexibility index (Phi) is 4.10. The molecule has 0 saturated carbocycles. The Balaban J connectivity index is 3.51. The largest absolute Gasteiger partial charge is 0.401 e. The number of hydrogen-bond acceptors (Lipinski definition) is 2. The molecule has 0 atom stereocenters. The first-order chi connectivity index (χ1) is 4.95. The van der Waals surface area contributed by atoms with Crippen LogP contribution in [0.15, 0.2) is 0 Å². The zero-order valence-corrected chi connectivity index (χ0v) is 6.19.